The van der Waals surface area contributed by atoms with Crippen LogP contribution in [0.3, 0.4) is 0 Å². The Kier molecular flexibility index (Phi) is 4.19. The molecule has 0 bridgehead atoms. The SMILES string of the molecule is CCS(=O)(=O)NCC(C)C(=O)O. The van der Waals surface area contributed by atoms with Gasteiger partial charge in [0.1, 0.15) is 0 Å². The number of hydrogen-bond acceptors (Lipinski definition) is 3. The maximum absolute atomic E-state index is 10.8. The minimum atomic E-state index is -3.26. The second-order valence-corrected chi connectivity index (χ2v) is 4.59. The van der Waals surface area contributed by atoms with E-state index in [1.165, 1.54) is 13.8 Å². The zero-order valence-electron chi connectivity index (χ0n) is 7.07. The van der Waals surface area contributed by atoms with Crippen LogP contribution in [0.25, 0.3) is 0 Å². The minimum absolute atomic E-state index is 0.0284. The first kappa shape index (κ1) is 11.4. The molecule has 12 heavy (non-hydrogen) atoms. The summed E-state index contributed by atoms with van der Waals surface area (Å²) in [6.07, 6.45) is 0. The largest absolute Gasteiger partial charge is 0.481 e. The van der Waals surface area contributed by atoms with Crippen molar-refractivity contribution in [2.75, 3.05) is 12.3 Å². The third-order valence-corrected chi connectivity index (χ3v) is 2.78. The average molecular weight is 195 g/mol. The Morgan fingerprint density at radius 2 is 2.08 bits per heavy atom. The number of sulfonamides is 1. The van der Waals surface area contributed by atoms with Gasteiger partial charge in [-0.15, -0.1) is 0 Å². The van der Waals surface area contributed by atoms with Gasteiger partial charge in [0.05, 0.1) is 11.7 Å². The molecule has 0 aromatic rings. The molecule has 0 fully saturated rings. The van der Waals surface area contributed by atoms with Crippen molar-refractivity contribution >= 4 is 16.0 Å². The molecule has 1 unspecified atom stereocenters. The van der Waals surface area contributed by atoms with Gasteiger partial charge in [0.2, 0.25) is 10.0 Å². The maximum atomic E-state index is 10.8. The third-order valence-electron chi connectivity index (χ3n) is 1.41. The van der Waals surface area contributed by atoms with Gasteiger partial charge < -0.3 is 5.11 Å². The maximum Gasteiger partial charge on any atom is 0.307 e. The number of carbonyl (C=O) groups is 1. The topological polar surface area (TPSA) is 83.5 Å². The van der Waals surface area contributed by atoms with Gasteiger partial charge in [-0.05, 0) is 6.92 Å². The Morgan fingerprint density at radius 3 is 2.42 bits per heavy atom. The Morgan fingerprint density at radius 1 is 1.58 bits per heavy atom. The fourth-order valence-corrected chi connectivity index (χ4v) is 1.15. The zero-order chi connectivity index (χ0) is 9.78. The van der Waals surface area contributed by atoms with E-state index in [2.05, 4.69) is 4.72 Å². The minimum Gasteiger partial charge on any atom is -0.481 e. The van der Waals surface area contributed by atoms with Crippen LogP contribution in [-0.2, 0) is 14.8 Å². The van der Waals surface area contributed by atoms with Crippen molar-refractivity contribution in [3.05, 3.63) is 0 Å². The van der Waals surface area contributed by atoms with Gasteiger partial charge >= 0.3 is 5.97 Å². The monoisotopic (exact) mass is 195 g/mol. The van der Waals surface area contributed by atoms with Gasteiger partial charge in [-0.25, -0.2) is 13.1 Å². The van der Waals surface area contributed by atoms with Crippen molar-refractivity contribution in [1.82, 2.24) is 4.72 Å². The van der Waals surface area contributed by atoms with Gasteiger partial charge in [-0.1, -0.05) is 6.92 Å². The molecular formula is C6H13NO4S. The third kappa shape index (κ3) is 4.30. The van der Waals surface area contributed by atoms with Crippen LogP contribution in [-0.4, -0.2) is 31.8 Å². The summed E-state index contributed by atoms with van der Waals surface area (Å²) in [4.78, 5) is 10.3. The average Bonchev–Trinajstić information content (AvgIpc) is 2.00. The van der Waals surface area contributed by atoms with Crippen LogP contribution in [0.4, 0.5) is 0 Å². The van der Waals surface area contributed by atoms with Crippen LogP contribution in [0.15, 0.2) is 0 Å². The van der Waals surface area contributed by atoms with E-state index in [9.17, 15) is 13.2 Å². The van der Waals surface area contributed by atoms with Crippen molar-refractivity contribution in [1.29, 1.82) is 0 Å². The predicted octanol–water partition coefficient (Wildman–Crippen LogP) is -0.354. The van der Waals surface area contributed by atoms with E-state index < -0.39 is 21.9 Å². The number of aliphatic carboxylic acids is 1. The van der Waals surface area contributed by atoms with Crippen LogP contribution in [0.5, 0.6) is 0 Å². The quantitative estimate of drug-likeness (QED) is 0.628. The molecule has 6 heteroatoms. The fraction of sp³-hybridized carbons (Fsp3) is 0.833. The first-order chi connectivity index (χ1) is 5.39. The van der Waals surface area contributed by atoms with Crippen LogP contribution < -0.4 is 4.72 Å². The lowest BCUT2D eigenvalue weighted by molar-refractivity contribution is -0.140. The highest BCUT2D eigenvalue weighted by molar-refractivity contribution is 7.89. The summed E-state index contributed by atoms with van der Waals surface area (Å²) >= 11 is 0. The van der Waals surface area contributed by atoms with E-state index in [4.69, 9.17) is 5.11 Å². The molecule has 0 aliphatic heterocycles. The lowest BCUT2D eigenvalue weighted by atomic mass is 10.2. The van der Waals surface area contributed by atoms with E-state index in [1.807, 2.05) is 0 Å². The van der Waals surface area contributed by atoms with Crippen molar-refractivity contribution in [3.63, 3.8) is 0 Å². The van der Waals surface area contributed by atoms with E-state index in [-0.39, 0.29) is 12.3 Å². The number of hydrogen-bond donors (Lipinski definition) is 2. The molecule has 0 aliphatic carbocycles. The standard InChI is InChI=1S/C6H13NO4S/c1-3-12(10,11)7-4-5(2)6(8)9/h5,7H,3-4H2,1-2H3,(H,8,9). The van der Waals surface area contributed by atoms with Gasteiger partial charge in [-0.3, -0.25) is 4.79 Å². The Bertz CT molecular complexity index is 246. The highest BCUT2D eigenvalue weighted by Gasteiger charge is 2.14. The highest BCUT2D eigenvalue weighted by atomic mass is 32.2. The fourth-order valence-electron chi connectivity index (χ4n) is 0.441. The molecule has 0 aromatic heterocycles. The molecular weight excluding hydrogens is 182 g/mol. The van der Waals surface area contributed by atoms with Crippen molar-refractivity contribution in [2.45, 2.75) is 13.8 Å². The van der Waals surface area contributed by atoms with Crippen LogP contribution in [0.1, 0.15) is 13.8 Å². The van der Waals surface area contributed by atoms with E-state index in [0.717, 1.165) is 0 Å². The first-order valence-corrected chi connectivity index (χ1v) is 5.24. The van der Waals surface area contributed by atoms with Crippen LogP contribution in [0.2, 0.25) is 0 Å². The normalized spacial score (nSPS) is 14.2. The molecule has 0 amide bonds. The van der Waals surface area contributed by atoms with Gasteiger partial charge in [-0.2, -0.15) is 0 Å². The summed E-state index contributed by atoms with van der Waals surface area (Å²) in [7, 11) is -3.26. The summed E-state index contributed by atoms with van der Waals surface area (Å²) < 4.78 is 23.8. The van der Waals surface area contributed by atoms with Crippen molar-refractivity contribution in [2.24, 2.45) is 5.92 Å². The van der Waals surface area contributed by atoms with Gasteiger partial charge in [0.15, 0.2) is 0 Å². The van der Waals surface area contributed by atoms with Crippen LogP contribution >= 0.6 is 0 Å². The van der Waals surface area contributed by atoms with Crippen molar-refractivity contribution in [3.8, 4) is 0 Å². The Labute approximate surface area is 71.8 Å². The molecule has 72 valence electrons. The predicted molar refractivity (Wildman–Crippen MR) is 44.3 cm³/mol. The smallest absolute Gasteiger partial charge is 0.307 e. The summed E-state index contributed by atoms with van der Waals surface area (Å²) in [5, 5.41) is 8.42. The summed E-state index contributed by atoms with van der Waals surface area (Å²) in [5.41, 5.74) is 0. The Balaban J connectivity index is 3.92. The van der Waals surface area contributed by atoms with Crippen molar-refractivity contribution < 1.29 is 18.3 Å². The van der Waals surface area contributed by atoms with E-state index in [0.29, 0.717) is 0 Å². The zero-order valence-corrected chi connectivity index (χ0v) is 7.89. The lowest BCUT2D eigenvalue weighted by Crippen LogP contribution is -2.32. The molecule has 1 atom stereocenters. The van der Waals surface area contributed by atoms with E-state index >= 15 is 0 Å². The van der Waals surface area contributed by atoms with E-state index in [1.54, 1.807) is 0 Å². The second-order valence-electron chi connectivity index (χ2n) is 2.49. The Hall–Kier alpha value is -0.620. The summed E-state index contributed by atoms with van der Waals surface area (Å²) in [5.74, 6) is -1.72. The van der Waals surface area contributed by atoms with Gasteiger partial charge in [0.25, 0.3) is 0 Å². The number of nitrogens with one attached hydrogen (secondary N) is 1. The van der Waals surface area contributed by atoms with Crippen LogP contribution in [0, 0.1) is 5.92 Å². The lowest BCUT2D eigenvalue weighted by Gasteiger charge is -2.06. The molecule has 0 rings (SSSR count). The number of rotatable bonds is 5. The molecule has 0 saturated carbocycles. The summed E-state index contributed by atoms with van der Waals surface area (Å²) in [6.45, 7) is 2.89. The molecule has 0 aromatic carbocycles. The summed E-state index contributed by atoms with van der Waals surface area (Å²) in [6, 6.07) is 0. The van der Waals surface area contributed by atoms with Gasteiger partial charge in [0, 0.05) is 6.54 Å². The molecule has 0 saturated heterocycles. The first-order valence-electron chi connectivity index (χ1n) is 3.59. The number of carboxylic acid groups (broad SMARTS) is 1. The second kappa shape index (κ2) is 4.42. The highest BCUT2D eigenvalue weighted by Crippen LogP contribution is 1.93. The molecule has 0 radical (unpaired) electrons. The molecule has 2 N–H and O–H groups in total. The molecule has 0 aliphatic rings. The molecule has 0 heterocycles. The molecule has 0 spiro atoms. The number of carboxylic acids is 1. The molecule has 5 nitrogen and oxygen atoms in total.